The van der Waals surface area contributed by atoms with Gasteiger partial charge in [0.05, 0.1) is 5.75 Å². The number of alkyl halides is 1. The Bertz CT molecular complexity index is 518. The third kappa shape index (κ3) is 4.21. The lowest BCUT2D eigenvalue weighted by Crippen LogP contribution is -2.40. The molecule has 1 aromatic rings. The fourth-order valence-corrected chi connectivity index (χ4v) is 4.95. The van der Waals surface area contributed by atoms with Gasteiger partial charge in [-0.3, -0.25) is 0 Å². The Morgan fingerprint density at radius 2 is 2.00 bits per heavy atom. The van der Waals surface area contributed by atoms with Gasteiger partial charge < -0.3 is 0 Å². The zero-order chi connectivity index (χ0) is 14.6. The first kappa shape index (κ1) is 15.8. The van der Waals surface area contributed by atoms with E-state index in [0.29, 0.717) is 5.88 Å². The van der Waals surface area contributed by atoms with Gasteiger partial charge in [-0.25, -0.2) is 13.1 Å². The molecule has 0 amide bonds. The zero-order valence-electron chi connectivity index (χ0n) is 11.8. The molecule has 2 rings (SSSR count). The molecule has 3 nitrogen and oxygen atoms in total. The minimum atomic E-state index is -3.26. The summed E-state index contributed by atoms with van der Waals surface area (Å²) in [7, 11) is -3.26. The molecule has 5 heteroatoms. The van der Waals surface area contributed by atoms with Crippen molar-refractivity contribution in [3.63, 3.8) is 0 Å². The number of hydrogen-bond acceptors (Lipinski definition) is 2. The zero-order valence-corrected chi connectivity index (χ0v) is 13.3. The molecular formula is C15H22ClNO2S. The van der Waals surface area contributed by atoms with Crippen molar-refractivity contribution in [2.75, 3.05) is 11.6 Å². The average molecular weight is 316 g/mol. The van der Waals surface area contributed by atoms with Crippen LogP contribution in [-0.2, 0) is 10.0 Å². The third-order valence-corrected chi connectivity index (χ3v) is 6.02. The van der Waals surface area contributed by atoms with Crippen molar-refractivity contribution in [2.45, 2.75) is 38.1 Å². The topological polar surface area (TPSA) is 46.2 Å². The van der Waals surface area contributed by atoms with E-state index in [9.17, 15) is 8.42 Å². The predicted octanol–water partition coefficient (Wildman–Crippen LogP) is 3.12. The van der Waals surface area contributed by atoms with Crippen molar-refractivity contribution in [1.29, 1.82) is 0 Å². The number of sulfonamides is 1. The highest BCUT2D eigenvalue weighted by molar-refractivity contribution is 7.89. The van der Waals surface area contributed by atoms with Crippen LogP contribution in [0.2, 0.25) is 0 Å². The summed E-state index contributed by atoms with van der Waals surface area (Å²) in [6.45, 7) is 1.95. The van der Waals surface area contributed by atoms with Gasteiger partial charge in [-0.15, -0.1) is 11.6 Å². The Balaban J connectivity index is 1.97. The Morgan fingerprint density at radius 3 is 2.65 bits per heavy atom. The molecule has 20 heavy (non-hydrogen) atoms. The van der Waals surface area contributed by atoms with Gasteiger partial charge in [0.1, 0.15) is 0 Å². The van der Waals surface area contributed by atoms with E-state index in [0.717, 1.165) is 24.8 Å². The molecule has 3 atom stereocenters. The first-order valence-electron chi connectivity index (χ1n) is 7.13. The highest BCUT2D eigenvalue weighted by Gasteiger charge is 2.30. The molecule has 0 spiro atoms. The predicted molar refractivity (Wildman–Crippen MR) is 83.6 cm³/mol. The summed E-state index contributed by atoms with van der Waals surface area (Å²) in [4.78, 5) is 0. The van der Waals surface area contributed by atoms with Gasteiger partial charge in [-0.05, 0) is 30.2 Å². The fourth-order valence-electron chi connectivity index (χ4n) is 2.86. The van der Waals surface area contributed by atoms with E-state index in [1.165, 1.54) is 0 Å². The second kappa shape index (κ2) is 6.92. The van der Waals surface area contributed by atoms with Crippen molar-refractivity contribution in [1.82, 2.24) is 4.72 Å². The van der Waals surface area contributed by atoms with Gasteiger partial charge in [-0.2, -0.15) is 0 Å². The molecule has 1 N–H and O–H groups in total. The normalized spacial score (nSPS) is 24.7. The molecule has 0 aliphatic heterocycles. The molecule has 1 aromatic carbocycles. The van der Waals surface area contributed by atoms with Crippen LogP contribution < -0.4 is 4.72 Å². The summed E-state index contributed by atoms with van der Waals surface area (Å²) in [5, 5.41) is 0. The first-order valence-corrected chi connectivity index (χ1v) is 9.31. The molecule has 1 saturated carbocycles. The van der Waals surface area contributed by atoms with Crippen LogP contribution in [0.1, 0.15) is 37.7 Å². The van der Waals surface area contributed by atoms with Crippen molar-refractivity contribution in [2.24, 2.45) is 5.92 Å². The number of hydrogen-bond donors (Lipinski definition) is 1. The fraction of sp³-hybridized carbons (Fsp3) is 0.600. The Labute approximate surface area is 126 Å². The summed E-state index contributed by atoms with van der Waals surface area (Å²) in [5.41, 5.74) is 1.05. The highest BCUT2D eigenvalue weighted by atomic mass is 35.5. The number of nitrogens with one attached hydrogen (secondary N) is 1. The van der Waals surface area contributed by atoms with E-state index < -0.39 is 10.0 Å². The standard InChI is InChI=1S/C15H22ClNO2S/c1-12(13-6-3-2-4-7-13)11-20(18,19)17-15-9-5-8-14(15)10-16/h2-4,6-7,12,14-15,17H,5,8-11H2,1H3. The number of benzene rings is 1. The Hall–Kier alpha value is -0.580. The summed E-state index contributed by atoms with van der Waals surface area (Å²) >= 11 is 5.90. The molecular weight excluding hydrogens is 294 g/mol. The van der Waals surface area contributed by atoms with Crippen molar-refractivity contribution in [3.05, 3.63) is 35.9 Å². The lowest BCUT2D eigenvalue weighted by molar-refractivity contribution is 0.479. The van der Waals surface area contributed by atoms with Crippen LogP contribution in [-0.4, -0.2) is 26.1 Å². The van der Waals surface area contributed by atoms with Gasteiger partial charge in [-0.1, -0.05) is 43.7 Å². The number of halogens is 1. The first-order chi connectivity index (χ1) is 9.52. The maximum atomic E-state index is 12.3. The summed E-state index contributed by atoms with van der Waals surface area (Å²) in [6, 6.07) is 9.76. The minimum Gasteiger partial charge on any atom is -0.212 e. The second-order valence-corrected chi connectivity index (χ2v) is 7.77. The van der Waals surface area contributed by atoms with Gasteiger partial charge in [0.2, 0.25) is 10.0 Å². The van der Waals surface area contributed by atoms with Crippen LogP contribution in [0.25, 0.3) is 0 Å². The molecule has 1 fully saturated rings. The van der Waals surface area contributed by atoms with E-state index >= 15 is 0 Å². The molecule has 3 unspecified atom stereocenters. The van der Waals surface area contributed by atoms with E-state index in [1.54, 1.807) is 0 Å². The minimum absolute atomic E-state index is 0.00967. The lowest BCUT2D eigenvalue weighted by atomic mass is 10.0. The third-order valence-electron chi connectivity index (χ3n) is 4.03. The quantitative estimate of drug-likeness (QED) is 0.820. The summed E-state index contributed by atoms with van der Waals surface area (Å²) in [5.74, 6) is 0.923. The number of rotatable bonds is 6. The van der Waals surface area contributed by atoms with E-state index in [2.05, 4.69) is 4.72 Å². The summed E-state index contributed by atoms with van der Waals surface area (Å²) in [6.07, 6.45) is 2.97. The van der Waals surface area contributed by atoms with Crippen LogP contribution in [0.4, 0.5) is 0 Å². The van der Waals surface area contributed by atoms with Crippen LogP contribution >= 0.6 is 11.6 Å². The van der Waals surface area contributed by atoms with Crippen molar-refractivity contribution < 1.29 is 8.42 Å². The molecule has 0 bridgehead atoms. The molecule has 1 aliphatic rings. The SMILES string of the molecule is CC(CS(=O)(=O)NC1CCCC1CCl)c1ccccc1. The largest absolute Gasteiger partial charge is 0.212 e. The maximum absolute atomic E-state index is 12.3. The molecule has 0 heterocycles. The van der Waals surface area contributed by atoms with E-state index in [1.807, 2.05) is 37.3 Å². The van der Waals surface area contributed by atoms with Crippen LogP contribution in [0.5, 0.6) is 0 Å². The van der Waals surface area contributed by atoms with Crippen LogP contribution in [0.3, 0.4) is 0 Å². The molecule has 0 aromatic heterocycles. The summed E-state index contributed by atoms with van der Waals surface area (Å²) < 4.78 is 27.4. The van der Waals surface area contributed by atoms with Crippen molar-refractivity contribution >= 4 is 21.6 Å². The molecule has 112 valence electrons. The van der Waals surface area contributed by atoms with E-state index in [4.69, 9.17) is 11.6 Å². The van der Waals surface area contributed by atoms with Gasteiger partial charge in [0.25, 0.3) is 0 Å². The average Bonchev–Trinajstić information content (AvgIpc) is 2.85. The molecule has 0 radical (unpaired) electrons. The molecule has 1 aliphatic carbocycles. The maximum Gasteiger partial charge on any atom is 0.212 e. The smallest absolute Gasteiger partial charge is 0.212 e. The Kier molecular flexibility index (Phi) is 5.47. The van der Waals surface area contributed by atoms with E-state index in [-0.39, 0.29) is 23.6 Å². The Morgan fingerprint density at radius 1 is 1.30 bits per heavy atom. The van der Waals surface area contributed by atoms with Crippen molar-refractivity contribution in [3.8, 4) is 0 Å². The van der Waals surface area contributed by atoms with Crippen LogP contribution in [0, 0.1) is 5.92 Å². The monoisotopic (exact) mass is 315 g/mol. The molecule has 0 saturated heterocycles. The second-order valence-electron chi connectivity index (χ2n) is 5.66. The van der Waals surface area contributed by atoms with Gasteiger partial charge in [0, 0.05) is 11.9 Å². The lowest BCUT2D eigenvalue weighted by Gasteiger charge is -2.20. The van der Waals surface area contributed by atoms with Gasteiger partial charge >= 0.3 is 0 Å². The highest BCUT2D eigenvalue weighted by Crippen LogP contribution is 2.27. The van der Waals surface area contributed by atoms with Gasteiger partial charge in [0.15, 0.2) is 0 Å². The van der Waals surface area contributed by atoms with Crippen LogP contribution in [0.15, 0.2) is 30.3 Å².